The zero-order valence-electron chi connectivity index (χ0n) is 43.0. The highest BCUT2D eigenvalue weighted by Gasteiger charge is 2.30. The summed E-state index contributed by atoms with van der Waals surface area (Å²) >= 11 is 0. The zero-order valence-corrected chi connectivity index (χ0v) is 43.0. The summed E-state index contributed by atoms with van der Waals surface area (Å²) in [6.45, 7) is 16.1. The second-order valence-corrected chi connectivity index (χ2v) is 21.9. The van der Waals surface area contributed by atoms with Gasteiger partial charge < -0.3 is 40.9 Å². The van der Waals surface area contributed by atoms with E-state index in [0.717, 1.165) is 44.5 Å². The SMILES string of the molecule is Cc1cc2c(O)c(c1)Cc1cc(C)cc(c1O)Cc1cc(C(C)(C)c3cc4c(O)c(c3)Cc3cc(C)cc(c3O)Cc3cc(C)cc(c3O)Cc3cc(C)cc(c3O)C4)cc(c1O)Cc1cc(C)cc(c1O)C2. The van der Waals surface area contributed by atoms with Gasteiger partial charge in [0, 0.05) is 56.8 Å². The number of aromatic hydroxyl groups is 8. The van der Waals surface area contributed by atoms with Gasteiger partial charge in [0.25, 0.3) is 0 Å². The summed E-state index contributed by atoms with van der Waals surface area (Å²) in [6.07, 6.45) is 1.77. The van der Waals surface area contributed by atoms with Crippen molar-refractivity contribution in [2.24, 2.45) is 0 Å². The van der Waals surface area contributed by atoms with Crippen LogP contribution in [0.15, 0.2) is 97.1 Å². The van der Waals surface area contributed by atoms with E-state index >= 15 is 0 Å². The van der Waals surface area contributed by atoms with Crippen molar-refractivity contribution in [1.82, 2.24) is 0 Å². The van der Waals surface area contributed by atoms with E-state index in [1.807, 2.05) is 139 Å². The van der Waals surface area contributed by atoms with Crippen LogP contribution in [-0.4, -0.2) is 40.9 Å². The Kier molecular flexibility index (Phi) is 12.2. The minimum atomic E-state index is -0.814. The van der Waals surface area contributed by atoms with Crippen LogP contribution in [0.5, 0.6) is 46.0 Å². The molecular formula is C65H64O8. The van der Waals surface area contributed by atoms with Gasteiger partial charge in [0.1, 0.15) is 46.0 Å². The summed E-state index contributed by atoms with van der Waals surface area (Å²) in [5.41, 5.74) is 16.5. The molecule has 0 heterocycles. The Morgan fingerprint density at radius 1 is 0.219 bits per heavy atom. The van der Waals surface area contributed by atoms with Crippen LogP contribution in [-0.2, 0) is 56.8 Å². The van der Waals surface area contributed by atoms with Crippen molar-refractivity contribution in [2.45, 2.75) is 112 Å². The lowest BCUT2D eigenvalue weighted by molar-refractivity contribution is 0.448. The second-order valence-electron chi connectivity index (χ2n) is 21.9. The maximum absolute atomic E-state index is 12.4. The minimum Gasteiger partial charge on any atom is -0.507 e. The average molecular weight is 973 g/mol. The quantitative estimate of drug-likeness (QED) is 0.0849. The number of rotatable bonds is 2. The van der Waals surface area contributed by atoms with E-state index in [1.165, 1.54) is 0 Å². The van der Waals surface area contributed by atoms with Crippen LogP contribution in [0.1, 0.15) is 147 Å². The Balaban J connectivity index is 1.17. The number of fused-ring (bicyclic) bond motifs is 16. The summed E-state index contributed by atoms with van der Waals surface area (Å²) in [6, 6.07) is 31.1. The molecule has 0 radical (unpaired) electrons. The average Bonchev–Trinajstić information content (AvgIpc) is 3.31. The zero-order chi connectivity index (χ0) is 51.9. The molecule has 0 fully saturated rings. The predicted molar refractivity (Wildman–Crippen MR) is 288 cm³/mol. The molecule has 0 spiro atoms. The summed E-state index contributed by atoms with van der Waals surface area (Å²) in [5, 5.41) is 96.4. The minimum absolute atomic E-state index is 0.0568. The van der Waals surface area contributed by atoms with Crippen LogP contribution >= 0.6 is 0 Å². The molecule has 8 nitrogen and oxygen atoms in total. The van der Waals surface area contributed by atoms with Crippen LogP contribution in [0.25, 0.3) is 0 Å². The standard InChI is InChI=1S/C65H64O8/c1-33-9-39-21-43-13-35(3)17-47(59(43)68)25-51-29-55(30-52(63(51)72)26-48-18-36(4)14-44(60(48)69)22-40(10-33)57(39)66)65(7,8)56-31-53-27-49-19-37(5)15-45(61(49)70)23-41-11-34(2)12-42(58(41)67)24-46-16-38(6)20-50(62(46)71)28-54(32-56)64(53)73/h9-20,29-32,66-73H,21-28H2,1-8H3. The van der Waals surface area contributed by atoms with E-state index in [4.69, 9.17) is 0 Å². The van der Waals surface area contributed by atoms with Gasteiger partial charge in [-0.25, -0.2) is 0 Å². The molecule has 0 saturated carbocycles. The topological polar surface area (TPSA) is 162 Å². The summed E-state index contributed by atoms with van der Waals surface area (Å²) in [7, 11) is 0. The first kappa shape index (κ1) is 48.8. The molecule has 2 aliphatic carbocycles. The molecule has 8 aromatic rings. The van der Waals surface area contributed by atoms with E-state index in [1.54, 1.807) is 0 Å². The van der Waals surface area contributed by atoms with E-state index < -0.39 is 5.41 Å². The fraction of sp³-hybridized carbons (Fsp3) is 0.262. The molecule has 10 rings (SSSR count). The first-order valence-corrected chi connectivity index (χ1v) is 25.2. The van der Waals surface area contributed by atoms with Crippen LogP contribution in [0.3, 0.4) is 0 Å². The molecule has 0 unspecified atom stereocenters. The number of phenolic OH excluding ortho intramolecular Hbond substituents is 8. The largest absolute Gasteiger partial charge is 0.507 e. The maximum Gasteiger partial charge on any atom is 0.122 e. The van der Waals surface area contributed by atoms with Crippen molar-refractivity contribution >= 4 is 0 Å². The van der Waals surface area contributed by atoms with Gasteiger partial charge >= 0.3 is 0 Å². The van der Waals surface area contributed by atoms with Crippen molar-refractivity contribution in [2.75, 3.05) is 0 Å². The Morgan fingerprint density at radius 2 is 0.329 bits per heavy atom. The van der Waals surface area contributed by atoms with Crippen molar-refractivity contribution in [1.29, 1.82) is 0 Å². The van der Waals surface area contributed by atoms with Gasteiger partial charge in [-0.1, -0.05) is 144 Å². The Morgan fingerprint density at radius 3 is 0.452 bits per heavy atom. The summed E-state index contributed by atoms with van der Waals surface area (Å²) in [5.74, 6) is 0.738. The predicted octanol–water partition coefficient (Wildman–Crippen LogP) is 12.9. The van der Waals surface area contributed by atoms with E-state index in [9.17, 15) is 40.9 Å². The number of aryl methyl sites for hydroxylation is 6. The molecule has 8 N–H and O–H groups in total. The van der Waals surface area contributed by atoms with Crippen LogP contribution in [0.2, 0.25) is 0 Å². The normalized spacial score (nSPS) is 13.5. The van der Waals surface area contributed by atoms with Gasteiger partial charge in [-0.2, -0.15) is 0 Å². The third-order valence-electron chi connectivity index (χ3n) is 15.5. The summed E-state index contributed by atoms with van der Waals surface area (Å²) in [4.78, 5) is 0. The number of hydrogen-bond donors (Lipinski definition) is 8. The van der Waals surface area contributed by atoms with E-state index in [2.05, 4.69) is 13.8 Å². The van der Waals surface area contributed by atoms with Crippen molar-refractivity contribution in [3.8, 4) is 46.0 Å². The molecule has 0 aromatic heterocycles. The van der Waals surface area contributed by atoms with Gasteiger partial charge in [0.15, 0.2) is 0 Å². The molecule has 372 valence electrons. The fourth-order valence-electron chi connectivity index (χ4n) is 11.8. The smallest absolute Gasteiger partial charge is 0.122 e. The van der Waals surface area contributed by atoms with Crippen LogP contribution in [0.4, 0.5) is 0 Å². The maximum atomic E-state index is 12.4. The third kappa shape index (κ3) is 9.20. The third-order valence-corrected chi connectivity index (χ3v) is 15.5. The molecule has 8 heteroatoms. The van der Waals surface area contributed by atoms with Gasteiger partial charge in [-0.3, -0.25) is 0 Å². The second kappa shape index (κ2) is 18.3. The lowest BCUT2D eigenvalue weighted by Gasteiger charge is -2.30. The van der Waals surface area contributed by atoms with Crippen LogP contribution in [0, 0.1) is 41.5 Å². The van der Waals surface area contributed by atoms with Crippen LogP contribution < -0.4 is 0 Å². The summed E-state index contributed by atoms with van der Waals surface area (Å²) < 4.78 is 0. The molecule has 16 bridgehead atoms. The number of hydrogen-bond acceptors (Lipinski definition) is 8. The highest BCUT2D eigenvalue weighted by molar-refractivity contribution is 5.62. The van der Waals surface area contributed by atoms with E-state index in [0.29, 0.717) is 89.0 Å². The molecule has 0 amide bonds. The van der Waals surface area contributed by atoms with E-state index in [-0.39, 0.29) is 97.4 Å². The van der Waals surface area contributed by atoms with Gasteiger partial charge in [0.2, 0.25) is 0 Å². The molecule has 0 aliphatic heterocycles. The number of phenols is 8. The van der Waals surface area contributed by atoms with Crippen molar-refractivity contribution in [3.63, 3.8) is 0 Å². The first-order valence-electron chi connectivity index (χ1n) is 25.2. The lowest BCUT2D eigenvalue weighted by Crippen LogP contribution is -2.21. The Hall–Kier alpha value is -7.84. The fourth-order valence-corrected chi connectivity index (χ4v) is 11.8. The highest BCUT2D eigenvalue weighted by atomic mass is 16.3. The van der Waals surface area contributed by atoms with Gasteiger partial charge in [-0.05, 0) is 142 Å². The first-order chi connectivity index (χ1) is 34.6. The molecule has 73 heavy (non-hydrogen) atoms. The van der Waals surface area contributed by atoms with Gasteiger partial charge in [0.05, 0.1) is 0 Å². The number of benzene rings is 8. The van der Waals surface area contributed by atoms with Gasteiger partial charge in [-0.15, -0.1) is 0 Å². The molecule has 0 saturated heterocycles. The Labute approximate surface area is 427 Å². The molecule has 8 aromatic carbocycles. The highest BCUT2D eigenvalue weighted by Crippen LogP contribution is 2.45. The molecular weight excluding hydrogens is 909 g/mol. The van der Waals surface area contributed by atoms with Crippen molar-refractivity contribution < 1.29 is 40.9 Å². The monoisotopic (exact) mass is 972 g/mol. The lowest BCUT2D eigenvalue weighted by atomic mass is 9.74. The van der Waals surface area contributed by atoms with Crippen molar-refractivity contribution in [3.05, 3.63) is 231 Å². The molecule has 2 aliphatic rings. The Bertz CT molecular complexity index is 3150. The molecule has 0 atom stereocenters.